The van der Waals surface area contributed by atoms with Crippen LogP contribution >= 0.6 is 0 Å². The third-order valence-electron chi connectivity index (χ3n) is 5.44. The first-order valence-corrected chi connectivity index (χ1v) is 12.6. The number of carbonyl (C=O) groups excluding carboxylic acids is 1. The zero-order chi connectivity index (χ0) is 24.2. The molecule has 0 unspecified atom stereocenters. The van der Waals surface area contributed by atoms with E-state index in [0.29, 0.717) is 17.7 Å². The molecule has 0 atom stereocenters. The Balaban J connectivity index is 1.78. The van der Waals surface area contributed by atoms with Crippen molar-refractivity contribution in [3.8, 4) is 11.1 Å². The summed E-state index contributed by atoms with van der Waals surface area (Å²) in [6.45, 7) is 4.37. The van der Waals surface area contributed by atoms with Crippen molar-refractivity contribution in [2.45, 2.75) is 37.8 Å². The maximum atomic E-state index is 13.1. The lowest BCUT2D eigenvalue weighted by Gasteiger charge is -2.27. The number of hydrogen-bond donors (Lipinski definition) is 2. The highest BCUT2D eigenvalue weighted by atomic mass is 32.2. The highest BCUT2D eigenvalue weighted by Crippen LogP contribution is 2.27. The molecule has 3 N–H and O–H groups in total. The van der Waals surface area contributed by atoms with Crippen LogP contribution in [0.5, 0.6) is 0 Å². The second kappa shape index (κ2) is 10.0. The third kappa shape index (κ3) is 6.08. The Morgan fingerprint density at radius 2 is 1.64 bits per heavy atom. The topological polar surface area (TPSA) is 104 Å². The molecular weight excluding hydrogens is 434 g/mol. The van der Waals surface area contributed by atoms with E-state index < -0.39 is 9.84 Å². The molecule has 7 heteroatoms. The first kappa shape index (κ1) is 24.2. The Labute approximate surface area is 195 Å². The maximum Gasteiger partial charge on any atom is 0.227 e. The molecule has 3 aromatic rings. The Morgan fingerprint density at radius 3 is 2.24 bits per heavy atom. The average molecular weight is 464 g/mol. The van der Waals surface area contributed by atoms with E-state index in [1.54, 1.807) is 29.2 Å². The van der Waals surface area contributed by atoms with Gasteiger partial charge in [-0.1, -0.05) is 60.7 Å². The van der Waals surface area contributed by atoms with Gasteiger partial charge in [0.2, 0.25) is 5.91 Å². The number of benzene rings is 3. The van der Waals surface area contributed by atoms with Gasteiger partial charge in [0, 0.05) is 30.0 Å². The van der Waals surface area contributed by atoms with Crippen LogP contribution in [0.1, 0.15) is 30.5 Å². The fraction of sp³-hybridized carbons (Fsp3) is 0.231. The summed E-state index contributed by atoms with van der Waals surface area (Å²) < 4.78 is 24.2. The van der Waals surface area contributed by atoms with Gasteiger partial charge in [-0.15, -0.1) is 0 Å². The first-order valence-electron chi connectivity index (χ1n) is 10.7. The molecule has 3 rings (SSSR count). The summed E-state index contributed by atoms with van der Waals surface area (Å²) in [5.74, 6) is -0.0145. The van der Waals surface area contributed by atoms with E-state index in [4.69, 9.17) is 11.1 Å². The molecule has 0 aromatic heterocycles. The van der Waals surface area contributed by atoms with E-state index in [0.717, 1.165) is 16.7 Å². The SMILES string of the molecule is CC(C)N(Cc1cccc(C(=N)N)c1)C(=O)Cc1ccc(-c2ccccc2S(C)(=O)=O)cc1. The Morgan fingerprint density at radius 1 is 0.970 bits per heavy atom. The number of amides is 1. The van der Waals surface area contributed by atoms with E-state index in [2.05, 4.69) is 0 Å². The zero-order valence-electron chi connectivity index (χ0n) is 19.1. The van der Waals surface area contributed by atoms with Crippen LogP contribution in [0.2, 0.25) is 0 Å². The third-order valence-corrected chi connectivity index (χ3v) is 6.60. The van der Waals surface area contributed by atoms with Gasteiger partial charge in [-0.05, 0) is 42.7 Å². The number of nitrogen functional groups attached to an aromatic ring is 1. The van der Waals surface area contributed by atoms with Crippen molar-refractivity contribution < 1.29 is 13.2 Å². The maximum absolute atomic E-state index is 13.1. The van der Waals surface area contributed by atoms with Crippen LogP contribution in [0.4, 0.5) is 0 Å². The van der Waals surface area contributed by atoms with Gasteiger partial charge >= 0.3 is 0 Å². The highest BCUT2D eigenvalue weighted by molar-refractivity contribution is 7.90. The molecule has 0 aliphatic heterocycles. The van der Waals surface area contributed by atoms with Crippen molar-refractivity contribution >= 4 is 21.6 Å². The van der Waals surface area contributed by atoms with Gasteiger partial charge in [0.05, 0.1) is 11.3 Å². The average Bonchev–Trinajstić information content (AvgIpc) is 2.77. The van der Waals surface area contributed by atoms with Crippen LogP contribution in [0, 0.1) is 5.41 Å². The molecule has 0 saturated carbocycles. The summed E-state index contributed by atoms with van der Waals surface area (Å²) in [6, 6.07) is 21.7. The number of nitrogens with one attached hydrogen (secondary N) is 1. The van der Waals surface area contributed by atoms with Gasteiger partial charge in [-0.2, -0.15) is 0 Å². The van der Waals surface area contributed by atoms with Crippen LogP contribution in [0.25, 0.3) is 11.1 Å². The van der Waals surface area contributed by atoms with Gasteiger partial charge in [0.1, 0.15) is 5.84 Å². The molecule has 0 saturated heterocycles. The molecule has 3 aromatic carbocycles. The quantitative estimate of drug-likeness (QED) is 0.389. The minimum Gasteiger partial charge on any atom is -0.384 e. The summed E-state index contributed by atoms with van der Waals surface area (Å²) >= 11 is 0. The van der Waals surface area contributed by atoms with Crippen LogP contribution in [-0.2, 0) is 27.6 Å². The van der Waals surface area contributed by atoms with Crippen LogP contribution < -0.4 is 5.73 Å². The normalized spacial score (nSPS) is 11.4. The molecule has 0 aliphatic rings. The molecule has 33 heavy (non-hydrogen) atoms. The van der Waals surface area contributed by atoms with Gasteiger partial charge in [0.25, 0.3) is 0 Å². The minimum absolute atomic E-state index is 0.000560. The van der Waals surface area contributed by atoms with E-state index in [1.807, 2.05) is 62.4 Å². The van der Waals surface area contributed by atoms with Crippen molar-refractivity contribution in [2.24, 2.45) is 5.73 Å². The number of sulfone groups is 1. The molecule has 1 amide bonds. The number of amidine groups is 1. The van der Waals surface area contributed by atoms with E-state index in [-0.39, 0.29) is 29.1 Å². The number of nitrogens with two attached hydrogens (primary N) is 1. The second-order valence-electron chi connectivity index (χ2n) is 8.37. The molecule has 172 valence electrons. The summed E-state index contributed by atoms with van der Waals surface area (Å²) in [5.41, 5.74) is 9.42. The molecule has 0 spiro atoms. The van der Waals surface area contributed by atoms with Gasteiger partial charge in [0.15, 0.2) is 9.84 Å². The number of carbonyl (C=O) groups is 1. The van der Waals surface area contributed by atoms with Gasteiger partial charge < -0.3 is 10.6 Å². The summed E-state index contributed by atoms with van der Waals surface area (Å²) in [4.78, 5) is 15.2. The fourth-order valence-corrected chi connectivity index (χ4v) is 4.61. The van der Waals surface area contributed by atoms with Gasteiger partial charge in [-0.3, -0.25) is 10.2 Å². The van der Waals surface area contributed by atoms with E-state index >= 15 is 0 Å². The van der Waals surface area contributed by atoms with Crippen molar-refractivity contribution in [2.75, 3.05) is 6.26 Å². The number of nitrogens with zero attached hydrogens (tertiary/aromatic N) is 1. The predicted molar refractivity (Wildman–Crippen MR) is 132 cm³/mol. The number of rotatable bonds is 8. The first-order chi connectivity index (χ1) is 15.6. The molecule has 0 bridgehead atoms. The molecule has 0 fully saturated rings. The fourth-order valence-electron chi connectivity index (χ4n) is 3.70. The van der Waals surface area contributed by atoms with Crippen molar-refractivity contribution in [1.82, 2.24) is 4.90 Å². The van der Waals surface area contributed by atoms with Gasteiger partial charge in [-0.25, -0.2) is 8.42 Å². The van der Waals surface area contributed by atoms with Crippen LogP contribution in [-0.4, -0.2) is 37.4 Å². The lowest BCUT2D eigenvalue weighted by atomic mass is 10.0. The summed E-state index contributed by atoms with van der Waals surface area (Å²) in [7, 11) is -3.35. The lowest BCUT2D eigenvalue weighted by Crippen LogP contribution is -2.37. The minimum atomic E-state index is -3.35. The van der Waals surface area contributed by atoms with Crippen molar-refractivity contribution in [3.05, 3.63) is 89.5 Å². The molecule has 0 aliphatic carbocycles. The summed E-state index contributed by atoms with van der Waals surface area (Å²) in [6.07, 6.45) is 1.43. The molecule has 6 nitrogen and oxygen atoms in total. The number of hydrogen-bond acceptors (Lipinski definition) is 4. The zero-order valence-corrected chi connectivity index (χ0v) is 19.9. The largest absolute Gasteiger partial charge is 0.384 e. The predicted octanol–water partition coefficient (Wildman–Crippen LogP) is 4.02. The van der Waals surface area contributed by atoms with E-state index in [9.17, 15) is 13.2 Å². The Kier molecular flexibility index (Phi) is 7.33. The van der Waals surface area contributed by atoms with E-state index in [1.165, 1.54) is 6.26 Å². The molecular formula is C26H29N3O3S. The second-order valence-corrected chi connectivity index (χ2v) is 10.4. The monoisotopic (exact) mass is 463 g/mol. The Bertz CT molecular complexity index is 1270. The Hall–Kier alpha value is -3.45. The molecule has 0 heterocycles. The molecule has 0 radical (unpaired) electrons. The summed E-state index contributed by atoms with van der Waals surface area (Å²) in [5, 5.41) is 7.62. The van der Waals surface area contributed by atoms with Crippen LogP contribution in [0.15, 0.2) is 77.7 Å². The van der Waals surface area contributed by atoms with Crippen molar-refractivity contribution in [3.63, 3.8) is 0 Å². The standard InChI is InChI=1S/C26H29N3O3S/c1-18(2)29(17-20-7-6-8-22(15-20)26(27)28)25(30)16-19-11-13-21(14-12-19)23-9-4-5-10-24(23)33(3,31)32/h4-15,18H,16-17H2,1-3H3,(H3,27,28). The smallest absolute Gasteiger partial charge is 0.227 e. The lowest BCUT2D eigenvalue weighted by molar-refractivity contribution is -0.132. The highest BCUT2D eigenvalue weighted by Gasteiger charge is 2.19. The van der Waals surface area contributed by atoms with Crippen LogP contribution in [0.3, 0.4) is 0 Å². The van der Waals surface area contributed by atoms with Crippen molar-refractivity contribution in [1.29, 1.82) is 5.41 Å².